The Labute approximate surface area is 85.9 Å². The molecule has 1 heterocycles. The molecule has 0 saturated heterocycles. The second kappa shape index (κ2) is 3.75. The van der Waals surface area contributed by atoms with E-state index in [4.69, 9.17) is 11.6 Å². The van der Waals surface area contributed by atoms with Gasteiger partial charge in [0, 0.05) is 0 Å². The number of carbonyl (C=O) groups is 1. The lowest BCUT2D eigenvalue weighted by molar-refractivity contribution is -0.108. The molecule has 0 radical (unpaired) electrons. The number of hydrogen-bond acceptors (Lipinski definition) is 3. The lowest BCUT2D eigenvalue weighted by Crippen LogP contribution is -2.09. The van der Waals surface area contributed by atoms with Crippen molar-refractivity contribution in [3.63, 3.8) is 0 Å². The molecule has 0 amide bonds. The molecule has 1 aromatic heterocycles. The minimum absolute atomic E-state index is 0.465. The summed E-state index contributed by atoms with van der Waals surface area (Å²) in [6.07, 6.45) is 8.40. The van der Waals surface area contributed by atoms with Crippen LogP contribution in [0.1, 0.15) is 12.8 Å². The third-order valence-electron chi connectivity index (χ3n) is 2.02. The van der Waals surface area contributed by atoms with Crippen LogP contribution >= 0.6 is 11.6 Å². The Morgan fingerprint density at radius 2 is 2.14 bits per heavy atom. The molecule has 0 aromatic carbocycles. The average molecular weight is 210 g/mol. The Bertz CT molecular complexity index is 406. The van der Waals surface area contributed by atoms with Crippen molar-refractivity contribution in [3.05, 3.63) is 30.1 Å². The zero-order chi connectivity index (χ0) is 9.97. The molecule has 0 atom stereocenters. The van der Waals surface area contributed by atoms with Crippen LogP contribution < -0.4 is 0 Å². The van der Waals surface area contributed by atoms with Gasteiger partial charge in [0.1, 0.15) is 0 Å². The molecule has 4 nitrogen and oxygen atoms in total. The van der Waals surface area contributed by atoms with Crippen molar-refractivity contribution >= 4 is 22.5 Å². The summed E-state index contributed by atoms with van der Waals surface area (Å²) < 4.78 is 0. The van der Waals surface area contributed by atoms with Gasteiger partial charge < -0.3 is 0 Å². The van der Waals surface area contributed by atoms with Gasteiger partial charge in [-0.3, -0.25) is 4.79 Å². The van der Waals surface area contributed by atoms with Gasteiger partial charge in [0.15, 0.2) is 0 Å². The van der Waals surface area contributed by atoms with Crippen LogP contribution in [0.3, 0.4) is 0 Å². The van der Waals surface area contributed by atoms with Crippen molar-refractivity contribution in [3.8, 4) is 0 Å². The Morgan fingerprint density at radius 3 is 2.79 bits per heavy atom. The van der Waals surface area contributed by atoms with Gasteiger partial charge in [-0.25, -0.2) is 0 Å². The molecule has 1 aliphatic carbocycles. The second-order valence-corrected chi connectivity index (χ2v) is 3.24. The second-order valence-electron chi connectivity index (χ2n) is 2.89. The van der Waals surface area contributed by atoms with Gasteiger partial charge in [0.2, 0.25) is 0 Å². The monoisotopic (exact) mass is 209 g/mol. The van der Waals surface area contributed by atoms with Crippen molar-refractivity contribution in [1.29, 1.82) is 0 Å². The first-order valence-electron chi connectivity index (χ1n) is 4.25. The fraction of sp³-hybridized carbons (Fsp3) is 0.222. The normalized spacial score (nSPS) is 16.1. The van der Waals surface area contributed by atoms with Gasteiger partial charge in [-0.1, -0.05) is 12.2 Å². The zero-order valence-corrected chi connectivity index (χ0v) is 8.11. The molecule has 0 bridgehead atoms. The molecule has 0 aliphatic heterocycles. The van der Waals surface area contributed by atoms with E-state index in [1.54, 1.807) is 18.5 Å². The third kappa shape index (κ3) is 1.61. The summed E-state index contributed by atoms with van der Waals surface area (Å²) >= 11 is 5.45. The van der Waals surface area contributed by atoms with Crippen LogP contribution in [0.4, 0.5) is 0 Å². The minimum atomic E-state index is -0.465. The maximum Gasteiger partial charge on any atom is 0.254 e. The maximum atomic E-state index is 11.1. The highest BCUT2D eigenvalue weighted by Crippen LogP contribution is 2.23. The molecule has 0 saturated carbocycles. The fourth-order valence-corrected chi connectivity index (χ4v) is 1.57. The number of halogens is 1. The lowest BCUT2D eigenvalue weighted by Gasteiger charge is -2.11. The van der Waals surface area contributed by atoms with Gasteiger partial charge in [0.05, 0.1) is 23.7 Å². The van der Waals surface area contributed by atoms with Crippen LogP contribution in [0.25, 0.3) is 5.70 Å². The standard InChI is InChI=1S/C9H8ClN3O/c10-9(14)7-3-1-2-4-8(7)13-11-5-6-12-13/h1,3,5-6H,2,4H2. The molecular weight excluding hydrogens is 202 g/mol. The van der Waals surface area contributed by atoms with E-state index in [2.05, 4.69) is 10.2 Å². The van der Waals surface area contributed by atoms with Gasteiger partial charge in [-0.05, 0) is 24.4 Å². The average Bonchev–Trinajstić information content (AvgIpc) is 2.70. The smallest absolute Gasteiger partial charge is 0.254 e. The Morgan fingerprint density at radius 1 is 1.43 bits per heavy atom. The molecule has 0 spiro atoms. The first kappa shape index (κ1) is 9.15. The predicted molar refractivity (Wildman–Crippen MR) is 52.5 cm³/mol. The fourth-order valence-electron chi connectivity index (χ4n) is 1.39. The number of hydrogen-bond donors (Lipinski definition) is 0. The highest BCUT2D eigenvalue weighted by atomic mass is 35.5. The molecule has 0 N–H and O–H groups in total. The summed E-state index contributed by atoms with van der Waals surface area (Å²) in [6, 6.07) is 0. The first-order valence-corrected chi connectivity index (χ1v) is 4.63. The van der Waals surface area contributed by atoms with Crippen LogP contribution in [0.15, 0.2) is 30.1 Å². The number of carbonyl (C=O) groups excluding carboxylic acids is 1. The van der Waals surface area contributed by atoms with Crippen LogP contribution in [0.2, 0.25) is 0 Å². The van der Waals surface area contributed by atoms with Crippen LogP contribution in [-0.2, 0) is 4.79 Å². The summed E-state index contributed by atoms with van der Waals surface area (Å²) in [5.41, 5.74) is 1.24. The highest BCUT2D eigenvalue weighted by molar-refractivity contribution is 6.68. The van der Waals surface area contributed by atoms with Crippen molar-refractivity contribution in [1.82, 2.24) is 15.0 Å². The van der Waals surface area contributed by atoms with Crippen LogP contribution in [0.5, 0.6) is 0 Å². The highest BCUT2D eigenvalue weighted by Gasteiger charge is 2.16. The Balaban J connectivity index is 2.48. The topological polar surface area (TPSA) is 47.8 Å². The van der Waals surface area contributed by atoms with E-state index in [0.717, 1.165) is 18.5 Å². The quantitative estimate of drug-likeness (QED) is 0.696. The van der Waals surface area contributed by atoms with E-state index < -0.39 is 5.24 Å². The molecule has 1 aromatic rings. The third-order valence-corrected chi connectivity index (χ3v) is 2.22. The molecule has 72 valence electrons. The van der Waals surface area contributed by atoms with Gasteiger partial charge in [-0.15, -0.1) is 0 Å². The molecular formula is C9H8ClN3O. The van der Waals surface area contributed by atoms with Gasteiger partial charge in [-0.2, -0.15) is 15.0 Å². The van der Waals surface area contributed by atoms with Crippen LogP contribution in [0, 0.1) is 0 Å². The molecule has 0 unspecified atom stereocenters. The molecule has 14 heavy (non-hydrogen) atoms. The van der Waals surface area contributed by atoms with Crippen molar-refractivity contribution < 1.29 is 4.79 Å². The minimum Gasteiger partial charge on any atom is -0.276 e. The molecule has 0 fully saturated rings. The predicted octanol–water partition coefficient (Wildman–Crippen LogP) is 1.60. The van der Waals surface area contributed by atoms with Crippen molar-refractivity contribution in [2.24, 2.45) is 0 Å². The Kier molecular flexibility index (Phi) is 2.45. The summed E-state index contributed by atoms with van der Waals surface area (Å²) in [4.78, 5) is 12.5. The molecule has 5 heteroatoms. The summed E-state index contributed by atoms with van der Waals surface area (Å²) in [5.74, 6) is 0. The largest absolute Gasteiger partial charge is 0.276 e. The molecule has 2 rings (SSSR count). The van der Waals surface area contributed by atoms with Gasteiger partial charge in [0.25, 0.3) is 5.24 Å². The summed E-state index contributed by atoms with van der Waals surface area (Å²) in [7, 11) is 0. The number of allylic oxidation sites excluding steroid dienone is 4. The zero-order valence-electron chi connectivity index (χ0n) is 7.35. The Hall–Kier alpha value is -1.42. The van der Waals surface area contributed by atoms with Gasteiger partial charge >= 0.3 is 0 Å². The number of aromatic nitrogens is 3. The van der Waals surface area contributed by atoms with E-state index in [-0.39, 0.29) is 0 Å². The van der Waals surface area contributed by atoms with E-state index in [9.17, 15) is 4.79 Å². The summed E-state index contributed by atoms with van der Waals surface area (Å²) in [6.45, 7) is 0. The van der Waals surface area contributed by atoms with E-state index in [1.165, 1.54) is 4.80 Å². The van der Waals surface area contributed by atoms with Crippen molar-refractivity contribution in [2.45, 2.75) is 12.8 Å². The maximum absolute atomic E-state index is 11.1. The van der Waals surface area contributed by atoms with Crippen LogP contribution in [-0.4, -0.2) is 20.2 Å². The van der Waals surface area contributed by atoms with Crippen molar-refractivity contribution in [2.75, 3.05) is 0 Å². The summed E-state index contributed by atoms with van der Waals surface area (Å²) in [5, 5.41) is 7.49. The van der Waals surface area contributed by atoms with E-state index >= 15 is 0 Å². The number of nitrogens with zero attached hydrogens (tertiary/aromatic N) is 3. The van der Waals surface area contributed by atoms with E-state index in [0.29, 0.717) is 5.57 Å². The van der Waals surface area contributed by atoms with E-state index in [1.807, 2.05) is 6.08 Å². The lowest BCUT2D eigenvalue weighted by atomic mass is 10.0. The number of rotatable bonds is 2. The first-order chi connectivity index (χ1) is 6.79. The molecule has 1 aliphatic rings. The SMILES string of the molecule is O=C(Cl)C1=C(n2nccn2)CCC=C1.